The number of amides is 1. The van der Waals surface area contributed by atoms with Crippen LogP contribution in [0.15, 0.2) is 30.3 Å². The Balaban J connectivity index is 2.02. The molecule has 140 valence electrons. The maximum absolute atomic E-state index is 13.4. The molecular weight excluding hydrogens is 352 g/mol. The van der Waals surface area contributed by atoms with E-state index in [0.717, 1.165) is 29.7 Å². The van der Waals surface area contributed by atoms with Crippen LogP contribution in [0.3, 0.4) is 0 Å². The van der Waals surface area contributed by atoms with Crippen LogP contribution in [-0.4, -0.2) is 22.5 Å². The van der Waals surface area contributed by atoms with E-state index in [1.165, 1.54) is 6.07 Å². The van der Waals surface area contributed by atoms with Gasteiger partial charge in [0.2, 0.25) is 5.88 Å². The summed E-state index contributed by atoms with van der Waals surface area (Å²) in [7, 11) is 0. The quantitative estimate of drug-likeness (QED) is 0.714. The highest BCUT2D eigenvalue weighted by Crippen LogP contribution is 2.23. The van der Waals surface area contributed by atoms with E-state index in [9.17, 15) is 13.6 Å². The number of hydrogen-bond donors (Lipinski definition) is 1. The number of fused-ring (bicyclic) bond motifs is 1. The first-order valence-corrected chi connectivity index (χ1v) is 8.57. The highest BCUT2D eigenvalue weighted by atomic mass is 19.2. The van der Waals surface area contributed by atoms with Crippen LogP contribution >= 0.6 is 0 Å². The van der Waals surface area contributed by atoms with Gasteiger partial charge in [0.15, 0.2) is 17.3 Å². The molecule has 0 aliphatic carbocycles. The summed E-state index contributed by atoms with van der Waals surface area (Å²) in [6.45, 7) is 6.21. The molecule has 0 unspecified atom stereocenters. The van der Waals surface area contributed by atoms with E-state index < -0.39 is 17.5 Å². The molecule has 0 fully saturated rings. The third-order valence-corrected chi connectivity index (χ3v) is 4.08. The Morgan fingerprint density at radius 3 is 2.33 bits per heavy atom. The molecule has 3 aromatic rings. The van der Waals surface area contributed by atoms with Crippen LogP contribution in [0.4, 0.5) is 14.5 Å². The molecule has 27 heavy (non-hydrogen) atoms. The van der Waals surface area contributed by atoms with Gasteiger partial charge in [-0.05, 0) is 55.7 Å². The Hall–Kier alpha value is -3.09. The Bertz CT molecular complexity index is 1020. The van der Waals surface area contributed by atoms with Crippen LogP contribution in [-0.2, 0) is 0 Å². The van der Waals surface area contributed by atoms with Crippen LogP contribution in [0.1, 0.15) is 35.0 Å². The predicted octanol–water partition coefficient (Wildman–Crippen LogP) is 4.57. The summed E-state index contributed by atoms with van der Waals surface area (Å²) < 4.78 is 32.1. The van der Waals surface area contributed by atoms with Gasteiger partial charge in [0.1, 0.15) is 0 Å². The van der Waals surface area contributed by atoms with Crippen molar-refractivity contribution in [3.63, 3.8) is 0 Å². The zero-order valence-electron chi connectivity index (χ0n) is 15.3. The molecule has 1 N–H and O–H groups in total. The van der Waals surface area contributed by atoms with E-state index in [1.54, 1.807) is 0 Å². The van der Waals surface area contributed by atoms with Gasteiger partial charge in [-0.2, -0.15) is 0 Å². The minimum Gasteiger partial charge on any atom is -0.476 e. The van der Waals surface area contributed by atoms with E-state index in [0.29, 0.717) is 17.6 Å². The number of nitrogens with zero attached hydrogens (tertiary/aromatic N) is 2. The summed E-state index contributed by atoms with van der Waals surface area (Å²) in [4.78, 5) is 21.5. The SMILES string of the molecule is CCCOc1nc2cc(C)c(C)cc2nc1C(=O)Nc1ccc(F)c(F)c1. The molecule has 1 aromatic heterocycles. The van der Waals surface area contributed by atoms with Gasteiger partial charge in [0.05, 0.1) is 17.6 Å². The average Bonchev–Trinajstić information content (AvgIpc) is 2.63. The molecule has 0 bridgehead atoms. The summed E-state index contributed by atoms with van der Waals surface area (Å²) >= 11 is 0. The van der Waals surface area contributed by atoms with Crippen molar-refractivity contribution >= 4 is 22.6 Å². The molecule has 0 radical (unpaired) electrons. The van der Waals surface area contributed by atoms with Gasteiger partial charge in [0.25, 0.3) is 5.91 Å². The van der Waals surface area contributed by atoms with E-state index in [2.05, 4.69) is 15.3 Å². The molecule has 7 heteroatoms. The fourth-order valence-corrected chi connectivity index (χ4v) is 2.51. The molecule has 5 nitrogen and oxygen atoms in total. The van der Waals surface area contributed by atoms with E-state index in [1.807, 2.05) is 32.9 Å². The third-order valence-electron chi connectivity index (χ3n) is 4.08. The Labute approximate surface area is 155 Å². The van der Waals surface area contributed by atoms with Crippen molar-refractivity contribution in [1.82, 2.24) is 9.97 Å². The Morgan fingerprint density at radius 1 is 1.04 bits per heavy atom. The zero-order valence-corrected chi connectivity index (χ0v) is 15.3. The van der Waals surface area contributed by atoms with Crippen molar-refractivity contribution in [1.29, 1.82) is 0 Å². The van der Waals surface area contributed by atoms with Crippen LogP contribution in [0.25, 0.3) is 11.0 Å². The summed E-state index contributed by atoms with van der Waals surface area (Å²) in [5, 5.41) is 2.51. The average molecular weight is 371 g/mol. The predicted molar refractivity (Wildman–Crippen MR) is 99.1 cm³/mol. The number of hydrogen-bond acceptors (Lipinski definition) is 4. The fraction of sp³-hybridized carbons (Fsp3) is 0.250. The topological polar surface area (TPSA) is 64.1 Å². The second-order valence-corrected chi connectivity index (χ2v) is 6.23. The lowest BCUT2D eigenvalue weighted by Crippen LogP contribution is -2.17. The van der Waals surface area contributed by atoms with Gasteiger partial charge in [-0.15, -0.1) is 0 Å². The largest absolute Gasteiger partial charge is 0.476 e. The standard InChI is InChI=1S/C20H19F2N3O2/c1-4-7-27-20-18(19(26)23-13-5-6-14(21)15(22)10-13)24-16-8-11(2)12(3)9-17(16)25-20/h5-6,8-10H,4,7H2,1-3H3,(H,23,26). The first kappa shape index (κ1) is 18.7. The van der Waals surface area contributed by atoms with Crippen LogP contribution < -0.4 is 10.1 Å². The van der Waals surface area contributed by atoms with Gasteiger partial charge in [0, 0.05) is 11.8 Å². The maximum atomic E-state index is 13.4. The van der Waals surface area contributed by atoms with Crippen molar-refractivity contribution < 1.29 is 18.3 Å². The maximum Gasteiger partial charge on any atom is 0.279 e. The first-order chi connectivity index (χ1) is 12.9. The number of anilines is 1. The minimum atomic E-state index is -1.05. The van der Waals surface area contributed by atoms with Gasteiger partial charge >= 0.3 is 0 Å². The Kier molecular flexibility index (Phi) is 5.30. The number of ether oxygens (including phenoxy) is 1. The van der Waals surface area contributed by atoms with Crippen molar-refractivity contribution in [3.8, 4) is 5.88 Å². The van der Waals surface area contributed by atoms with E-state index in [4.69, 9.17) is 4.74 Å². The van der Waals surface area contributed by atoms with Gasteiger partial charge in [-0.3, -0.25) is 4.79 Å². The number of halogens is 2. The molecule has 2 aromatic carbocycles. The lowest BCUT2D eigenvalue weighted by atomic mass is 10.1. The number of carbonyl (C=O) groups excluding carboxylic acids is 1. The summed E-state index contributed by atoms with van der Waals surface area (Å²) in [6.07, 6.45) is 0.733. The van der Waals surface area contributed by atoms with Crippen LogP contribution in [0, 0.1) is 25.5 Å². The zero-order chi connectivity index (χ0) is 19.6. The molecule has 1 amide bonds. The van der Waals surface area contributed by atoms with E-state index in [-0.39, 0.29) is 17.3 Å². The molecule has 3 rings (SSSR count). The number of aromatic nitrogens is 2. The van der Waals surface area contributed by atoms with Crippen molar-refractivity contribution in [2.24, 2.45) is 0 Å². The molecule has 1 heterocycles. The number of carbonyl (C=O) groups is 1. The molecule has 0 spiro atoms. The highest BCUT2D eigenvalue weighted by Gasteiger charge is 2.19. The fourth-order valence-electron chi connectivity index (χ4n) is 2.51. The molecular formula is C20H19F2N3O2. The highest BCUT2D eigenvalue weighted by molar-refractivity contribution is 6.05. The second-order valence-electron chi connectivity index (χ2n) is 6.23. The second kappa shape index (κ2) is 7.65. The number of rotatable bonds is 5. The molecule has 0 saturated carbocycles. The van der Waals surface area contributed by atoms with Gasteiger partial charge < -0.3 is 10.1 Å². The smallest absolute Gasteiger partial charge is 0.279 e. The van der Waals surface area contributed by atoms with Gasteiger partial charge in [-0.1, -0.05) is 6.92 Å². The number of aryl methyl sites for hydroxylation is 2. The number of benzene rings is 2. The van der Waals surface area contributed by atoms with Crippen molar-refractivity contribution in [2.75, 3.05) is 11.9 Å². The van der Waals surface area contributed by atoms with Crippen LogP contribution in [0.5, 0.6) is 5.88 Å². The van der Waals surface area contributed by atoms with Crippen molar-refractivity contribution in [3.05, 3.63) is 58.8 Å². The van der Waals surface area contributed by atoms with E-state index >= 15 is 0 Å². The minimum absolute atomic E-state index is 0.0102. The lowest BCUT2D eigenvalue weighted by Gasteiger charge is -2.12. The summed E-state index contributed by atoms with van der Waals surface area (Å²) in [5.74, 6) is -2.55. The number of nitrogens with one attached hydrogen (secondary N) is 1. The molecule has 0 saturated heterocycles. The summed E-state index contributed by atoms with van der Waals surface area (Å²) in [5.41, 5.74) is 3.35. The third kappa shape index (κ3) is 4.02. The molecule has 0 aliphatic heterocycles. The first-order valence-electron chi connectivity index (χ1n) is 8.57. The lowest BCUT2D eigenvalue weighted by molar-refractivity contribution is 0.101. The molecule has 0 atom stereocenters. The monoisotopic (exact) mass is 371 g/mol. The van der Waals surface area contributed by atoms with Gasteiger partial charge in [-0.25, -0.2) is 18.7 Å². The van der Waals surface area contributed by atoms with Crippen molar-refractivity contribution in [2.45, 2.75) is 27.2 Å². The summed E-state index contributed by atoms with van der Waals surface area (Å²) in [6, 6.07) is 6.84. The van der Waals surface area contributed by atoms with Crippen LogP contribution in [0.2, 0.25) is 0 Å². The Morgan fingerprint density at radius 2 is 1.70 bits per heavy atom. The normalized spacial score (nSPS) is 10.9. The molecule has 0 aliphatic rings.